The lowest BCUT2D eigenvalue weighted by Crippen LogP contribution is -2.57. The monoisotopic (exact) mass is 436 g/mol. The Balaban J connectivity index is 3.07. The fraction of sp³-hybridized carbons (Fsp3) is 0.913. The van der Waals surface area contributed by atoms with E-state index in [2.05, 4.69) is 20.8 Å². The van der Waals surface area contributed by atoms with Gasteiger partial charge in [-0.3, -0.25) is 0 Å². The molecular weight excluding hydrogens is 394 g/mol. The minimum absolute atomic E-state index is 0.183. The molecule has 0 aromatic carbocycles. The Morgan fingerprint density at radius 1 is 0.733 bits per heavy atom. The van der Waals surface area contributed by atoms with Gasteiger partial charge in [0, 0.05) is 26.4 Å². The minimum Gasteiger partial charge on any atom is -0.481 e. The molecule has 0 amide bonds. The summed E-state index contributed by atoms with van der Waals surface area (Å²) in [5.74, 6) is -0.438. The summed E-state index contributed by atoms with van der Waals surface area (Å²) >= 11 is 0. The molecule has 7 heteroatoms. The third-order valence-electron chi connectivity index (χ3n) is 5.05. The third-order valence-corrected chi connectivity index (χ3v) is 5.05. The highest BCUT2D eigenvalue weighted by Crippen LogP contribution is 2.34. The van der Waals surface area contributed by atoms with Gasteiger partial charge < -0.3 is 23.7 Å². The van der Waals surface area contributed by atoms with Gasteiger partial charge in [0.2, 0.25) is 0 Å². The van der Waals surface area contributed by atoms with E-state index in [1.54, 1.807) is 0 Å². The van der Waals surface area contributed by atoms with Crippen LogP contribution in [0.3, 0.4) is 0 Å². The van der Waals surface area contributed by atoms with E-state index in [-0.39, 0.29) is 6.61 Å². The first-order valence-electron chi connectivity index (χ1n) is 11.7. The van der Waals surface area contributed by atoms with Gasteiger partial charge in [0.25, 0.3) is 0 Å². The van der Waals surface area contributed by atoms with E-state index in [9.17, 15) is 8.78 Å². The average molecular weight is 437 g/mol. The SMILES string of the molecule is CCCCOC[C@H]1OC(=C(F)F)[C@H](OCCCC)[C@@H](OCCCC)[C@@H]1OCCCC. The summed E-state index contributed by atoms with van der Waals surface area (Å²) in [7, 11) is 0. The van der Waals surface area contributed by atoms with E-state index in [1.165, 1.54) is 0 Å². The zero-order valence-electron chi connectivity index (χ0n) is 19.3. The van der Waals surface area contributed by atoms with Gasteiger partial charge in [-0.25, -0.2) is 0 Å². The minimum atomic E-state index is -1.87. The van der Waals surface area contributed by atoms with Crippen LogP contribution in [0.4, 0.5) is 8.78 Å². The highest BCUT2D eigenvalue weighted by Gasteiger charge is 2.48. The molecule has 4 atom stereocenters. The Morgan fingerprint density at radius 3 is 1.77 bits per heavy atom. The van der Waals surface area contributed by atoms with Crippen LogP contribution in [-0.2, 0) is 23.7 Å². The van der Waals surface area contributed by atoms with Crippen LogP contribution in [0, 0.1) is 0 Å². The molecular formula is C23H42F2O5. The molecule has 0 spiro atoms. The smallest absolute Gasteiger partial charge is 0.310 e. The molecule has 0 N–H and O–H groups in total. The van der Waals surface area contributed by atoms with Crippen LogP contribution in [0.15, 0.2) is 11.8 Å². The number of halogens is 2. The van der Waals surface area contributed by atoms with Gasteiger partial charge in [-0.1, -0.05) is 53.4 Å². The van der Waals surface area contributed by atoms with Crippen molar-refractivity contribution >= 4 is 0 Å². The molecule has 5 nitrogen and oxygen atoms in total. The van der Waals surface area contributed by atoms with Crippen molar-refractivity contribution in [1.29, 1.82) is 0 Å². The first kappa shape index (κ1) is 27.3. The maximum absolute atomic E-state index is 13.8. The van der Waals surface area contributed by atoms with Crippen LogP contribution in [0.25, 0.3) is 0 Å². The Labute approximate surface area is 181 Å². The van der Waals surface area contributed by atoms with Crippen molar-refractivity contribution in [1.82, 2.24) is 0 Å². The lowest BCUT2D eigenvalue weighted by Gasteiger charge is -2.43. The molecule has 0 aromatic rings. The highest BCUT2D eigenvalue weighted by atomic mass is 19.3. The zero-order chi connectivity index (χ0) is 22.2. The van der Waals surface area contributed by atoms with Crippen molar-refractivity contribution in [3.8, 4) is 0 Å². The summed E-state index contributed by atoms with van der Waals surface area (Å²) in [4.78, 5) is 0. The molecule has 0 saturated carbocycles. The van der Waals surface area contributed by atoms with Gasteiger partial charge in [0.1, 0.15) is 18.3 Å². The fourth-order valence-electron chi connectivity index (χ4n) is 3.19. The van der Waals surface area contributed by atoms with E-state index in [0.717, 1.165) is 51.4 Å². The summed E-state index contributed by atoms with van der Waals surface area (Å²) in [6.45, 7) is 10.3. The number of hydrogen-bond acceptors (Lipinski definition) is 5. The summed E-state index contributed by atoms with van der Waals surface area (Å²) in [6, 6.07) is 0. The van der Waals surface area contributed by atoms with Gasteiger partial charge in [-0.15, -0.1) is 0 Å². The van der Waals surface area contributed by atoms with Crippen molar-refractivity contribution in [3.63, 3.8) is 0 Å². The number of unbranched alkanes of at least 4 members (excludes halogenated alkanes) is 4. The molecule has 1 saturated heterocycles. The molecule has 1 aliphatic heterocycles. The largest absolute Gasteiger partial charge is 0.481 e. The predicted molar refractivity (Wildman–Crippen MR) is 114 cm³/mol. The van der Waals surface area contributed by atoms with Crippen molar-refractivity contribution < 1.29 is 32.5 Å². The molecule has 178 valence electrons. The maximum atomic E-state index is 13.8. The Kier molecular flexibility index (Phi) is 15.3. The van der Waals surface area contributed by atoms with E-state index in [1.807, 2.05) is 6.92 Å². The molecule has 0 unspecified atom stereocenters. The lowest BCUT2D eigenvalue weighted by molar-refractivity contribution is -0.217. The second-order valence-electron chi connectivity index (χ2n) is 7.73. The van der Waals surface area contributed by atoms with Gasteiger partial charge in [0.05, 0.1) is 6.61 Å². The van der Waals surface area contributed by atoms with E-state index < -0.39 is 36.3 Å². The Bertz CT molecular complexity index is 457. The summed E-state index contributed by atoms with van der Waals surface area (Å²) in [5, 5.41) is 0. The topological polar surface area (TPSA) is 46.2 Å². The predicted octanol–water partition coefficient (Wildman–Crippen LogP) is 5.87. The van der Waals surface area contributed by atoms with E-state index >= 15 is 0 Å². The molecule has 30 heavy (non-hydrogen) atoms. The molecule has 0 radical (unpaired) electrons. The average Bonchev–Trinajstić information content (AvgIpc) is 2.73. The fourth-order valence-corrected chi connectivity index (χ4v) is 3.19. The van der Waals surface area contributed by atoms with Crippen LogP contribution in [-0.4, -0.2) is 57.5 Å². The van der Waals surface area contributed by atoms with Gasteiger partial charge in [0.15, 0.2) is 11.9 Å². The number of rotatable bonds is 17. The maximum Gasteiger partial charge on any atom is 0.310 e. The molecule has 1 fully saturated rings. The van der Waals surface area contributed by atoms with Crippen molar-refractivity contribution in [2.45, 2.75) is 103 Å². The summed E-state index contributed by atoms with van der Waals surface area (Å²) in [5.41, 5.74) is 0. The molecule has 1 aliphatic rings. The van der Waals surface area contributed by atoms with Crippen LogP contribution in [0.1, 0.15) is 79.1 Å². The zero-order valence-corrected chi connectivity index (χ0v) is 19.3. The van der Waals surface area contributed by atoms with Gasteiger partial charge >= 0.3 is 6.08 Å². The van der Waals surface area contributed by atoms with Crippen molar-refractivity contribution in [2.75, 3.05) is 33.0 Å². The van der Waals surface area contributed by atoms with Crippen LogP contribution in [0.2, 0.25) is 0 Å². The first-order valence-corrected chi connectivity index (χ1v) is 11.7. The molecule has 1 heterocycles. The molecule has 0 aliphatic carbocycles. The molecule has 0 bridgehead atoms. The van der Waals surface area contributed by atoms with Crippen molar-refractivity contribution in [3.05, 3.63) is 11.8 Å². The standard InChI is InChI=1S/C23H42F2O5/c1-5-9-13-26-17-18-19(27-14-10-6-2)20(28-15-11-7-3)21(29-16-12-8-4)22(30-18)23(24)25/h18-21H,5-17H2,1-4H3/t18-,19-,20+,21-/m1/s1. The van der Waals surface area contributed by atoms with E-state index in [0.29, 0.717) is 26.4 Å². The van der Waals surface area contributed by atoms with Crippen LogP contribution < -0.4 is 0 Å². The Hall–Kier alpha value is -0.760. The normalized spacial score (nSPS) is 24.1. The third kappa shape index (κ3) is 9.58. The lowest BCUT2D eigenvalue weighted by atomic mass is 9.97. The van der Waals surface area contributed by atoms with Gasteiger partial charge in [-0.2, -0.15) is 8.78 Å². The number of ether oxygens (including phenoxy) is 5. The highest BCUT2D eigenvalue weighted by molar-refractivity contribution is 5.12. The van der Waals surface area contributed by atoms with Crippen molar-refractivity contribution in [2.24, 2.45) is 0 Å². The first-order chi connectivity index (χ1) is 14.6. The second kappa shape index (κ2) is 16.9. The van der Waals surface area contributed by atoms with Crippen LogP contribution in [0.5, 0.6) is 0 Å². The second-order valence-corrected chi connectivity index (χ2v) is 7.73. The quantitative estimate of drug-likeness (QED) is 0.267. The molecule has 0 aromatic heterocycles. The van der Waals surface area contributed by atoms with Crippen LogP contribution >= 0.6 is 0 Å². The van der Waals surface area contributed by atoms with Gasteiger partial charge in [-0.05, 0) is 25.7 Å². The molecule has 1 rings (SSSR count). The number of hydrogen-bond donors (Lipinski definition) is 0. The van der Waals surface area contributed by atoms with E-state index in [4.69, 9.17) is 23.7 Å². The Morgan fingerprint density at radius 2 is 1.23 bits per heavy atom. The summed E-state index contributed by atoms with van der Waals surface area (Å²) < 4.78 is 57.2. The summed E-state index contributed by atoms with van der Waals surface area (Å²) in [6.07, 6.45) is 2.58.